The maximum atomic E-state index is 6.07. The molecule has 0 atom stereocenters. The van der Waals surface area contributed by atoms with Crippen LogP contribution in [0.25, 0.3) is 5.65 Å². The molecule has 158 valence electrons. The summed E-state index contributed by atoms with van der Waals surface area (Å²) >= 11 is 0. The van der Waals surface area contributed by atoms with Gasteiger partial charge in [-0.1, -0.05) is 0 Å². The molecule has 2 fully saturated rings. The van der Waals surface area contributed by atoms with Crippen LogP contribution in [-0.4, -0.2) is 46.9 Å². The monoisotopic (exact) mass is 407 g/mol. The number of rotatable bonds is 4. The Bertz CT molecular complexity index is 1000. The van der Waals surface area contributed by atoms with Gasteiger partial charge in [0.2, 0.25) is 0 Å². The number of aromatic nitrogens is 3. The maximum absolute atomic E-state index is 6.07. The first-order valence-electron chi connectivity index (χ1n) is 10.8. The van der Waals surface area contributed by atoms with Crippen LogP contribution in [0.5, 0.6) is 0 Å². The lowest BCUT2D eigenvalue weighted by Crippen LogP contribution is -2.36. The van der Waals surface area contributed by atoms with Gasteiger partial charge in [0.15, 0.2) is 5.65 Å². The van der Waals surface area contributed by atoms with Gasteiger partial charge in [0.1, 0.15) is 5.82 Å². The number of hydrogen-bond acceptors (Lipinski definition) is 7. The second-order valence-corrected chi connectivity index (χ2v) is 8.30. The molecular formula is C22H29N7O. The van der Waals surface area contributed by atoms with Gasteiger partial charge in [0.05, 0.1) is 30.8 Å². The largest absolute Gasteiger partial charge is 0.382 e. The van der Waals surface area contributed by atoms with E-state index in [9.17, 15) is 0 Å². The molecule has 2 aliphatic rings. The van der Waals surface area contributed by atoms with Crippen molar-refractivity contribution in [3.05, 3.63) is 42.2 Å². The summed E-state index contributed by atoms with van der Waals surface area (Å²) in [6.45, 7) is 3.42. The number of morpholine rings is 1. The molecule has 0 bridgehead atoms. The van der Waals surface area contributed by atoms with E-state index < -0.39 is 0 Å². The molecule has 3 aromatic rings. The van der Waals surface area contributed by atoms with Crippen LogP contribution in [0.3, 0.4) is 0 Å². The van der Waals surface area contributed by atoms with Gasteiger partial charge in [-0.3, -0.25) is 0 Å². The highest BCUT2D eigenvalue weighted by atomic mass is 16.5. The van der Waals surface area contributed by atoms with E-state index in [4.69, 9.17) is 21.2 Å². The summed E-state index contributed by atoms with van der Waals surface area (Å²) in [5, 5.41) is 7.91. The van der Waals surface area contributed by atoms with Crippen molar-refractivity contribution < 1.29 is 4.74 Å². The zero-order chi connectivity index (χ0) is 20.5. The van der Waals surface area contributed by atoms with Crippen LogP contribution in [0.2, 0.25) is 0 Å². The second-order valence-electron chi connectivity index (χ2n) is 8.30. The molecule has 5 N–H and O–H groups in total. The quantitative estimate of drug-likeness (QED) is 0.610. The minimum atomic E-state index is 0.324. The number of nitrogens with two attached hydrogens (primary N) is 2. The average Bonchev–Trinajstić information content (AvgIpc) is 3.19. The maximum Gasteiger partial charge on any atom is 0.177 e. The molecule has 30 heavy (non-hydrogen) atoms. The van der Waals surface area contributed by atoms with E-state index in [1.54, 1.807) is 4.52 Å². The Morgan fingerprint density at radius 1 is 1.03 bits per heavy atom. The molecule has 3 heterocycles. The number of nitrogens with zero attached hydrogens (tertiary/aromatic N) is 4. The first kappa shape index (κ1) is 19.1. The van der Waals surface area contributed by atoms with Gasteiger partial charge in [-0.2, -0.15) is 0 Å². The highest BCUT2D eigenvalue weighted by molar-refractivity contribution is 5.76. The summed E-state index contributed by atoms with van der Waals surface area (Å²) in [5.74, 6) is 0.901. The van der Waals surface area contributed by atoms with Crippen LogP contribution in [0.4, 0.5) is 22.9 Å². The van der Waals surface area contributed by atoms with Crippen molar-refractivity contribution in [3.8, 4) is 0 Å². The van der Waals surface area contributed by atoms with Gasteiger partial charge in [0.25, 0.3) is 0 Å². The third-order valence-electron chi connectivity index (χ3n) is 6.18. The van der Waals surface area contributed by atoms with E-state index in [1.807, 2.05) is 12.3 Å². The third-order valence-corrected chi connectivity index (χ3v) is 6.18. The number of nitrogen functional groups attached to an aromatic ring is 1. The van der Waals surface area contributed by atoms with E-state index in [1.165, 1.54) is 5.69 Å². The molecular weight excluding hydrogens is 378 g/mol. The topological polar surface area (TPSA) is 107 Å². The second kappa shape index (κ2) is 8.12. The van der Waals surface area contributed by atoms with Crippen LogP contribution in [-0.2, 0) is 4.74 Å². The molecule has 2 aromatic heterocycles. The molecule has 0 unspecified atom stereocenters. The standard InChI is InChI=1S/C22H29N7O/c23-16-3-1-15(2-4-16)20-14-29-22(26-20)19(13-21(24)27-29)25-17-5-7-18(8-6-17)28-9-11-30-12-10-28/h5-8,13-16,25H,1-4,9-12,23H2,(H2,24,27)/t15-,16-. The first-order chi connectivity index (χ1) is 14.7. The van der Waals surface area contributed by atoms with Crippen molar-refractivity contribution in [1.82, 2.24) is 14.6 Å². The van der Waals surface area contributed by atoms with Crippen LogP contribution in [0, 0.1) is 0 Å². The lowest BCUT2D eigenvalue weighted by Gasteiger charge is -2.28. The number of ether oxygens (including phenoxy) is 1. The van der Waals surface area contributed by atoms with Crippen LogP contribution >= 0.6 is 0 Å². The van der Waals surface area contributed by atoms with Crippen molar-refractivity contribution in [2.75, 3.05) is 42.3 Å². The smallest absolute Gasteiger partial charge is 0.177 e. The Kier molecular flexibility index (Phi) is 5.18. The van der Waals surface area contributed by atoms with Crippen molar-refractivity contribution in [1.29, 1.82) is 0 Å². The third kappa shape index (κ3) is 3.93. The van der Waals surface area contributed by atoms with Gasteiger partial charge < -0.3 is 26.4 Å². The summed E-state index contributed by atoms with van der Waals surface area (Å²) in [7, 11) is 0. The Labute approximate surface area is 176 Å². The summed E-state index contributed by atoms with van der Waals surface area (Å²) in [6, 6.07) is 10.6. The van der Waals surface area contributed by atoms with Gasteiger partial charge in [-0.25, -0.2) is 9.50 Å². The molecule has 0 radical (unpaired) electrons. The van der Waals surface area contributed by atoms with Crippen LogP contribution < -0.4 is 21.7 Å². The minimum Gasteiger partial charge on any atom is -0.382 e. The van der Waals surface area contributed by atoms with E-state index in [2.05, 4.69) is 39.6 Å². The van der Waals surface area contributed by atoms with Gasteiger partial charge in [0, 0.05) is 42.5 Å². The zero-order valence-electron chi connectivity index (χ0n) is 17.1. The highest BCUT2D eigenvalue weighted by Crippen LogP contribution is 2.33. The number of hydrogen-bond donors (Lipinski definition) is 3. The van der Waals surface area contributed by atoms with Crippen LogP contribution in [0.1, 0.15) is 37.3 Å². The molecule has 1 saturated heterocycles. The molecule has 8 nitrogen and oxygen atoms in total. The molecule has 8 heteroatoms. The predicted octanol–water partition coefficient (Wildman–Crippen LogP) is 2.88. The Morgan fingerprint density at radius 2 is 1.77 bits per heavy atom. The van der Waals surface area contributed by atoms with E-state index in [0.29, 0.717) is 17.8 Å². The van der Waals surface area contributed by atoms with Gasteiger partial charge >= 0.3 is 0 Å². The van der Waals surface area contributed by atoms with Crippen LogP contribution in [0.15, 0.2) is 36.5 Å². The predicted molar refractivity (Wildman–Crippen MR) is 119 cm³/mol. The summed E-state index contributed by atoms with van der Waals surface area (Å²) in [6.07, 6.45) is 6.27. The average molecular weight is 408 g/mol. The molecule has 5 rings (SSSR count). The fourth-order valence-corrected chi connectivity index (χ4v) is 4.45. The van der Waals surface area contributed by atoms with Crippen molar-refractivity contribution in [2.45, 2.75) is 37.6 Å². The van der Waals surface area contributed by atoms with Gasteiger partial charge in [-0.05, 0) is 49.9 Å². The first-order valence-corrected chi connectivity index (χ1v) is 10.8. The zero-order valence-corrected chi connectivity index (χ0v) is 17.1. The molecule has 1 aliphatic heterocycles. The van der Waals surface area contributed by atoms with Crippen molar-refractivity contribution in [2.24, 2.45) is 5.73 Å². The van der Waals surface area contributed by atoms with Crippen molar-refractivity contribution >= 4 is 28.5 Å². The lowest BCUT2D eigenvalue weighted by atomic mass is 9.85. The number of fused-ring (bicyclic) bond motifs is 1. The van der Waals surface area contributed by atoms with Gasteiger partial charge in [-0.15, -0.1) is 5.10 Å². The molecule has 0 spiro atoms. The van der Waals surface area contributed by atoms with Crippen molar-refractivity contribution in [3.63, 3.8) is 0 Å². The van der Waals surface area contributed by atoms with E-state index >= 15 is 0 Å². The number of imidazole rings is 1. The Morgan fingerprint density at radius 3 is 2.50 bits per heavy atom. The molecule has 1 saturated carbocycles. The highest BCUT2D eigenvalue weighted by Gasteiger charge is 2.23. The summed E-state index contributed by atoms with van der Waals surface area (Å²) in [4.78, 5) is 7.25. The summed E-state index contributed by atoms with van der Waals surface area (Å²) < 4.78 is 7.23. The number of benzene rings is 1. The SMILES string of the molecule is Nc1cc(Nc2ccc(N3CCOCC3)cc2)c2nc([C@H]3CC[C@H](N)CC3)cn2n1. The lowest BCUT2D eigenvalue weighted by molar-refractivity contribution is 0.122. The fourth-order valence-electron chi connectivity index (χ4n) is 4.45. The Hall–Kier alpha value is -2.84. The number of nitrogens with one attached hydrogen (secondary N) is 1. The number of anilines is 4. The Balaban J connectivity index is 1.38. The molecule has 1 aliphatic carbocycles. The van der Waals surface area contributed by atoms with E-state index in [-0.39, 0.29) is 0 Å². The molecule has 1 aromatic carbocycles. The summed E-state index contributed by atoms with van der Waals surface area (Å²) in [5.41, 5.74) is 17.1. The normalized spacial score (nSPS) is 22.4. The fraction of sp³-hybridized carbons (Fsp3) is 0.455. The minimum absolute atomic E-state index is 0.324. The van der Waals surface area contributed by atoms with E-state index in [0.717, 1.165) is 74.7 Å². The molecule has 0 amide bonds.